The SMILES string of the molecule is CC(C)=O.ClC(Cl)Cl.ClCCl. The number of rotatable bonds is 0. The van der Waals surface area contributed by atoms with Crippen LogP contribution < -0.4 is 0 Å². The molecule has 0 aromatic heterocycles. The van der Waals surface area contributed by atoms with Gasteiger partial charge in [0.25, 0.3) is 0 Å². The molecule has 0 unspecified atom stereocenters. The molecule has 0 spiro atoms. The zero-order valence-corrected chi connectivity index (χ0v) is 9.86. The smallest absolute Gasteiger partial charge is 0.180 e. The fraction of sp³-hybridized carbons (Fsp3) is 0.800. The van der Waals surface area contributed by atoms with Gasteiger partial charge in [0.05, 0.1) is 5.34 Å². The van der Waals surface area contributed by atoms with E-state index in [2.05, 4.69) is 0 Å². The molecule has 0 fully saturated rings. The minimum absolute atomic E-state index is 0.167. The average molecular weight is 262 g/mol. The lowest BCUT2D eigenvalue weighted by Gasteiger charge is -1.69. The average Bonchev–Trinajstić information content (AvgIpc) is 1.60. The van der Waals surface area contributed by atoms with E-state index in [-0.39, 0.29) is 11.1 Å². The predicted octanol–water partition coefficient (Wildman–Crippen LogP) is 4.00. The Labute approximate surface area is 91.9 Å². The van der Waals surface area contributed by atoms with Crippen molar-refractivity contribution in [3.63, 3.8) is 0 Å². The highest BCUT2D eigenvalue weighted by atomic mass is 35.6. The molecule has 0 rings (SSSR count). The van der Waals surface area contributed by atoms with Crippen LogP contribution in [0, 0.1) is 0 Å². The lowest BCUT2D eigenvalue weighted by atomic mass is 10.6. The van der Waals surface area contributed by atoms with Crippen molar-refractivity contribution in [3.8, 4) is 0 Å². The van der Waals surface area contributed by atoms with E-state index in [1.165, 1.54) is 13.8 Å². The molecular formula is C5H9Cl5O. The molecule has 1 nitrogen and oxygen atoms in total. The number of ketones is 1. The van der Waals surface area contributed by atoms with Gasteiger partial charge in [0, 0.05) is 0 Å². The van der Waals surface area contributed by atoms with Gasteiger partial charge in [-0.1, -0.05) is 34.8 Å². The van der Waals surface area contributed by atoms with Crippen LogP contribution in [0.25, 0.3) is 0 Å². The number of Topliss-reactive ketones (excluding diaryl/α,β-unsaturated/α-hetero) is 1. The van der Waals surface area contributed by atoms with Crippen LogP contribution in [-0.2, 0) is 4.79 Å². The highest BCUT2D eigenvalue weighted by molar-refractivity contribution is 6.63. The van der Waals surface area contributed by atoms with Crippen LogP contribution >= 0.6 is 58.0 Å². The Kier molecular flexibility index (Phi) is 28.3. The summed E-state index contributed by atoms with van der Waals surface area (Å²) in [7, 11) is 0. The topological polar surface area (TPSA) is 17.1 Å². The van der Waals surface area contributed by atoms with E-state index in [4.69, 9.17) is 58.0 Å². The van der Waals surface area contributed by atoms with Crippen LogP contribution in [0.4, 0.5) is 0 Å². The summed E-state index contributed by atoms with van der Waals surface area (Å²) in [5.74, 6) is 0.167. The molecule has 0 bridgehead atoms. The summed E-state index contributed by atoms with van der Waals surface area (Å²) in [4.78, 5) is 9.44. The first-order chi connectivity index (χ1) is 4.88. The van der Waals surface area contributed by atoms with Crippen molar-refractivity contribution >= 4 is 63.8 Å². The Bertz CT molecular complexity index is 68.5. The molecular weight excluding hydrogens is 253 g/mol. The molecule has 0 aliphatic rings. The molecule has 0 saturated heterocycles. The van der Waals surface area contributed by atoms with Crippen LogP contribution in [0.15, 0.2) is 0 Å². The maximum atomic E-state index is 9.44. The Morgan fingerprint density at radius 3 is 1.18 bits per heavy atom. The molecule has 0 N–H and O–H groups in total. The summed E-state index contributed by atoms with van der Waals surface area (Å²) in [6.07, 6.45) is 0. The fourth-order valence-electron chi connectivity index (χ4n) is 0. The van der Waals surface area contributed by atoms with Crippen LogP contribution in [0.2, 0.25) is 0 Å². The van der Waals surface area contributed by atoms with E-state index >= 15 is 0 Å². The van der Waals surface area contributed by atoms with E-state index in [9.17, 15) is 4.79 Å². The highest BCUT2D eigenvalue weighted by Crippen LogP contribution is 2.03. The zero-order valence-electron chi connectivity index (χ0n) is 6.08. The maximum Gasteiger partial charge on any atom is 0.180 e. The molecule has 6 heteroatoms. The molecule has 0 saturated carbocycles. The van der Waals surface area contributed by atoms with Crippen LogP contribution in [0.3, 0.4) is 0 Å². The van der Waals surface area contributed by atoms with E-state index in [0.717, 1.165) is 0 Å². The first-order valence-corrected chi connectivity index (χ1v) is 4.77. The Hall–Kier alpha value is 1.12. The number of hydrogen-bond acceptors (Lipinski definition) is 1. The highest BCUT2D eigenvalue weighted by Gasteiger charge is 1.78. The molecule has 0 aliphatic heterocycles. The first kappa shape index (κ1) is 18.0. The number of alkyl halides is 5. The summed E-state index contributed by atoms with van der Waals surface area (Å²) in [5.41, 5.74) is 0. The third kappa shape index (κ3) is 737. The monoisotopic (exact) mass is 260 g/mol. The summed E-state index contributed by atoms with van der Waals surface area (Å²) in [6, 6.07) is 0. The molecule has 0 aromatic carbocycles. The first-order valence-electron chi connectivity index (χ1n) is 2.39. The van der Waals surface area contributed by atoms with E-state index in [1.807, 2.05) is 0 Å². The van der Waals surface area contributed by atoms with Gasteiger partial charge in [0.2, 0.25) is 0 Å². The summed E-state index contributed by atoms with van der Waals surface area (Å²) in [5, 5.41) is 0.194. The summed E-state index contributed by atoms with van der Waals surface area (Å²) < 4.78 is -0.750. The van der Waals surface area contributed by atoms with Crippen molar-refractivity contribution in [2.24, 2.45) is 0 Å². The second kappa shape index (κ2) is 17.3. The normalized spacial score (nSPS) is 7.27. The second-order valence-electron chi connectivity index (χ2n) is 1.26. The Morgan fingerprint density at radius 1 is 1.18 bits per heavy atom. The Balaban J connectivity index is -0.0000000886. The van der Waals surface area contributed by atoms with Gasteiger partial charge in [0.15, 0.2) is 4.30 Å². The van der Waals surface area contributed by atoms with Crippen LogP contribution in [0.5, 0.6) is 0 Å². The standard InChI is InChI=1S/C3H6O.CHCl3.CH2Cl2/c1-3(2)4;2-1(3)4;2-1-3/h1-2H3;1H;1H2. The molecule has 0 atom stereocenters. The van der Waals surface area contributed by atoms with Crippen molar-refractivity contribution in [2.75, 3.05) is 5.34 Å². The third-order valence-corrected chi connectivity index (χ3v) is 0. The van der Waals surface area contributed by atoms with Crippen molar-refractivity contribution in [3.05, 3.63) is 0 Å². The molecule has 0 aliphatic carbocycles. The van der Waals surface area contributed by atoms with Gasteiger partial charge in [0.1, 0.15) is 5.78 Å². The van der Waals surface area contributed by atoms with Crippen molar-refractivity contribution < 1.29 is 4.79 Å². The molecule has 0 aromatic rings. The lowest BCUT2D eigenvalue weighted by Crippen LogP contribution is -1.69. The van der Waals surface area contributed by atoms with Gasteiger partial charge in [-0.3, -0.25) is 0 Å². The van der Waals surface area contributed by atoms with Gasteiger partial charge in [-0.05, 0) is 13.8 Å². The summed E-state index contributed by atoms with van der Waals surface area (Å²) >= 11 is 23.9. The van der Waals surface area contributed by atoms with Crippen molar-refractivity contribution in [1.82, 2.24) is 0 Å². The van der Waals surface area contributed by atoms with E-state index in [0.29, 0.717) is 0 Å². The molecule has 0 heterocycles. The Morgan fingerprint density at radius 2 is 1.18 bits per heavy atom. The minimum atomic E-state index is -0.750. The van der Waals surface area contributed by atoms with Crippen molar-refractivity contribution in [2.45, 2.75) is 18.1 Å². The molecule has 70 valence electrons. The van der Waals surface area contributed by atoms with Crippen LogP contribution in [-0.4, -0.2) is 15.4 Å². The van der Waals surface area contributed by atoms with Gasteiger partial charge in [-0.25, -0.2) is 0 Å². The van der Waals surface area contributed by atoms with Crippen LogP contribution in [0.1, 0.15) is 13.8 Å². The molecule has 0 radical (unpaired) electrons. The van der Waals surface area contributed by atoms with Gasteiger partial charge in [-0.2, -0.15) is 0 Å². The second-order valence-corrected chi connectivity index (χ2v) is 4.04. The van der Waals surface area contributed by atoms with E-state index in [1.54, 1.807) is 0 Å². The third-order valence-electron chi connectivity index (χ3n) is 0. The van der Waals surface area contributed by atoms with Gasteiger partial charge < -0.3 is 4.79 Å². The van der Waals surface area contributed by atoms with Gasteiger partial charge in [-0.15, -0.1) is 23.2 Å². The summed E-state index contributed by atoms with van der Waals surface area (Å²) in [6.45, 7) is 3.06. The zero-order chi connectivity index (χ0) is 9.86. The largest absolute Gasteiger partial charge is 0.300 e. The fourth-order valence-corrected chi connectivity index (χ4v) is 0. The number of hydrogen-bond donors (Lipinski definition) is 0. The number of carbonyl (C=O) groups is 1. The van der Waals surface area contributed by atoms with Gasteiger partial charge >= 0.3 is 0 Å². The molecule has 11 heavy (non-hydrogen) atoms. The predicted molar refractivity (Wildman–Crippen MR) is 54.3 cm³/mol. The number of halogens is 5. The maximum absolute atomic E-state index is 9.44. The molecule has 0 amide bonds. The van der Waals surface area contributed by atoms with Crippen molar-refractivity contribution in [1.29, 1.82) is 0 Å². The minimum Gasteiger partial charge on any atom is -0.300 e. The number of carbonyl (C=O) groups excluding carboxylic acids is 1. The lowest BCUT2D eigenvalue weighted by molar-refractivity contribution is -0.114. The van der Waals surface area contributed by atoms with E-state index < -0.39 is 4.30 Å². The quantitative estimate of drug-likeness (QED) is 0.603.